The number of anilines is 1. The maximum Gasteiger partial charge on any atom is 0.148 e. The van der Waals surface area contributed by atoms with Crippen LogP contribution in [0.4, 0.5) is 11.4 Å². The summed E-state index contributed by atoms with van der Waals surface area (Å²) in [5, 5.41) is 0. The summed E-state index contributed by atoms with van der Waals surface area (Å²) in [5.41, 5.74) is 6.29. The van der Waals surface area contributed by atoms with Gasteiger partial charge in [0.25, 0.3) is 0 Å². The second kappa shape index (κ2) is 5.03. The lowest BCUT2D eigenvalue weighted by atomic mass is 9.95. The molecule has 0 atom stereocenters. The fourth-order valence-electron chi connectivity index (χ4n) is 2.72. The quantitative estimate of drug-likeness (QED) is 0.766. The van der Waals surface area contributed by atoms with Gasteiger partial charge in [-0.05, 0) is 33.1 Å². The van der Waals surface area contributed by atoms with Crippen LogP contribution in [0.3, 0.4) is 0 Å². The number of hydrogen-bond donors (Lipinski definition) is 0. The van der Waals surface area contributed by atoms with Gasteiger partial charge in [-0.2, -0.15) is 0 Å². The molecule has 0 saturated heterocycles. The lowest BCUT2D eigenvalue weighted by Crippen LogP contribution is -2.30. The Hall–Kier alpha value is -1.84. The molecule has 0 aliphatic carbocycles. The third-order valence-corrected chi connectivity index (χ3v) is 3.79. The number of benzene rings is 1. The molecular weight excluding hydrogens is 238 g/mol. The van der Waals surface area contributed by atoms with Crippen LogP contribution in [0.2, 0.25) is 0 Å². The SMILES string of the molecule is C=Nc1c(C)c2c(c(C)c1C(C)=NC)N(C)CCO2. The van der Waals surface area contributed by atoms with Crippen LogP contribution in [0.25, 0.3) is 0 Å². The van der Waals surface area contributed by atoms with Gasteiger partial charge in [0.15, 0.2) is 0 Å². The zero-order chi connectivity index (χ0) is 14.2. The van der Waals surface area contributed by atoms with Crippen LogP contribution >= 0.6 is 0 Å². The Morgan fingerprint density at radius 2 is 2.00 bits per heavy atom. The number of nitrogens with zero attached hydrogens (tertiary/aromatic N) is 3. The minimum atomic E-state index is 0.709. The van der Waals surface area contributed by atoms with Gasteiger partial charge in [0.2, 0.25) is 0 Å². The average Bonchev–Trinajstić information content (AvgIpc) is 2.41. The molecular formula is C15H21N3O. The van der Waals surface area contributed by atoms with E-state index in [1.54, 1.807) is 7.05 Å². The molecule has 4 heteroatoms. The van der Waals surface area contributed by atoms with Crippen molar-refractivity contribution in [2.45, 2.75) is 20.8 Å². The summed E-state index contributed by atoms with van der Waals surface area (Å²) in [4.78, 5) is 10.8. The summed E-state index contributed by atoms with van der Waals surface area (Å²) in [6, 6.07) is 0. The molecule has 0 aromatic heterocycles. The monoisotopic (exact) mass is 259 g/mol. The molecule has 2 rings (SSSR count). The third-order valence-electron chi connectivity index (χ3n) is 3.79. The van der Waals surface area contributed by atoms with Crippen molar-refractivity contribution < 1.29 is 4.74 Å². The molecule has 0 spiro atoms. The second-order valence-electron chi connectivity index (χ2n) is 4.89. The van der Waals surface area contributed by atoms with E-state index in [-0.39, 0.29) is 0 Å². The van der Waals surface area contributed by atoms with Crippen molar-refractivity contribution >= 4 is 23.8 Å². The lowest BCUT2D eigenvalue weighted by molar-refractivity contribution is 0.309. The van der Waals surface area contributed by atoms with Crippen LogP contribution in [0, 0.1) is 13.8 Å². The Labute approximate surface area is 114 Å². The molecule has 1 aromatic rings. The standard InChI is InChI=1S/C15H21N3O/c1-9-12(11(3)16-4)13(17-5)10(2)15-14(9)18(6)7-8-19-15/h5,7-8H2,1-4,6H3. The van der Waals surface area contributed by atoms with Crippen molar-refractivity contribution in [3.05, 3.63) is 16.7 Å². The number of aliphatic imine (C=N–C) groups is 2. The maximum atomic E-state index is 5.85. The van der Waals surface area contributed by atoms with Crippen molar-refractivity contribution in [1.82, 2.24) is 0 Å². The molecule has 0 fully saturated rings. The van der Waals surface area contributed by atoms with Crippen molar-refractivity contribution in [2.75, 3.05) is 32.1 Å². The minimum Gasteiger partial charge on any atom is -0.489 e. The van der Waals surface area contributed by atoms with Gasteiger partial charge in [-0.1, -0.05) is 0 Å². The van der Waals surface area contributed by atoms with Crippen molar-refractivity contribution in [1.29, 1.82) is 0 Å². The zero-order valence-electron chi connectivity index (χ0n) is 12.4. The molecule has 0 unspecified atom stereocenters. The zero-order valence-corrected chi connectivity index (χ0v) is 12.4. The van der Waals surface area contributed by atoms with E-state index in [1.807, 2.05) is 13.8 Å². The smallest absolute Gasteiger partial charge is 0.148 e. The van der Waals surface area contributed by atoms with Crippen LogP contribution in [0.5, 0.6) is 5.75 Å². The fourth-order valence-corrected chi connectivity index (χ4v) is 2.72. The van der Waals surface area contributed by atoms with Crippen molar-refractivity contribution in [3.63, 3.8) is 0 Å². The van der Waals surface area contributed by atoms with Gasteiger partial charge in [-0.15, -0.1) is 0 Å². The number of fused-ring (bicyclic) bond motifs is 1. The van der Waals surface area contributed by atoms with E-state index in [4.69, 9.17) is 4.74 Å². The molecule has 102 valence electrons. The molecule has 0 saturated carbocycles. The highest BCUT2D eigenvalue weighted by Crippen LogP contribution is 2.45. The van der Waals surface area contributed by atoms with Crippen molar-refractivity contribution in [2.24, 2.45) is 9.98 Å². The van der Waals surface area contributed by atoms with E-state index in [9.17, 15) is 0 Å². The van der Waals surface area contributed by atoms with Crippen molar-refractivity contribution in [3.8, 4) is 5.75 Å². The number of rotatable bonds is 2. The highest BCUT2D eigenvalue weighted by molar-refractivity contribution is 6.07. The maximum absolute atomic E-state index is 5.85. The molecule has 1 aliphatic rings. The van der Waals surface area contributed by atoms with Gasteiger partial charge in [-0.25, -0.2) is 0 Å². The summed E-state index contributed by atoms with van der Waals surface area (Å²) in [5.74, 6) is 0.932. The Morgan fingerprint density at radius 3 is 2.58 bits per heavy atom. The van der Waals surface area contributed by atoms with E-state index < -0.39 is 0 Å². The predicted octanol–water partition coefficient (Wildman–Crippen LogP) is 2.90. The van der Waals surface area contributed by atoms with E-state index in [0.29, 0.717) is 6.61 Å². The molecule has 19 heavy (non-hydrogen) atoms. The Bertz CT molecular complexity index is 561. The molecule has 0 bridgehead atoms. The molecule has 4 nitrogen and oxygen atoms in total. The van der Waals surface area contributed by atoms with Crippen LogP contribution < -0.4 is 9.64 Å². The average molecular weight is 259 g/mol. The van der Waals surface area contributed by atoms with Crippen LogP contribution in [0.15, 0.2) is 9.98 Å². The van der Waals surface area contributed by atoms with Crippen LogP contribution in [0.1, 0.15) is 23.6 Å². The van der Waals surface area contributed by atoms with Gasteiger partial charge in [0, 0.05) is 30.9 Å². The minimum absolute atomic E-state index is 0.709. The normalized spacial score (nSPS) is 15.0. The second-order valence-corrected chi connectivity index (χ2v) is 4.89. The summed E-state index contributed by atoms with van der Waals surface area (Å²) in [6.45, 7) is 11.5. The van der Waals surface area contributed by atoms with Gasteiger partial charge in [-0.3, -0.25) is 9.98 Å². The molecule has 1 aliphatic heterocycles. The summed E-state index contributed by atoms with van der Waals surface area (Å²) >= 11 is 0. The topological polar surface area (TPSA) is 37.2 Å². The molecule has 1 heterocycles. The van der Waals surface area contributed by atoms with E-state index >= 15 is 0 Å². The van der Waals surface area contributed by atoms with Gasteiger partial charge < -0.3 is 9.64 Å². The summed E-state index contributed by atoms with van der Waals surface area (Å²) in [6.07, 6.45) is 0. The first-order valence-electron chi connectivity index (χ1n) is 6.44. The third kappa shape index (κ3) is 2.01. The largest absolute Gasteiger partial charge is 0.489 e. The molecule has 0 amide bonds. The number of ether oxygens (including phenoxy) is 1. The Kier molecular flexibility index (Phi) is 3.60. The first kappa shape index (κ1) is 13.6. The summed E-state index contributed by atoms with van der Waals surface area (Å²) in [7, 11) is 3.90. The summed E-state index contributed by atoms with van der Waals surface area (Å²) < 4.78 is 5.85. The van der Waals surface area contributed by atoms with E-state index in [2.05, 4.69) is 35.6 Å². The molecule has 0 radical (unpaired) electrons. The van der Waals surface area contributed by atoms with E-state index in [1.165, 1.54) is 0 Å². The van der Waals surface area contributed by atoms with Gasteiger partial charge in [0.1, 0.15) is 12.4 Å². The van der Waals surface area contributed by atoms with Crippen LogP contribution in [-0.4, -0.2) is 39.7 Å². The highest BCUT2D eigenvalue weighted by atomic mass is 16.5. The first-order chi connectivity index (χ1) is 9.02. The number of likely N-dealkylation sites (N-methyl/N-ethyl adjacent to an activating group) is 1. The molecule has 1 aromatic carbocycles. The fraction of sp³-hybridized carbons (Fsp3) is 0.467. The lowest BCUT2D eigenvalue weighted by Gasteiger charge is -2.32. The highest BCUT2D eigenvalue weighted by Gasteiger charge is 2.26. The Morgan fingerprint density at radius 1 is 1.32 bits per heavy atom. The van der Waals surface area contributed by atoms with E-state index in [0.717, 1.165) is 46.1 Å². The van der Waals surface area contributed by atoms with Crippen LogP contribution in [-0.2, 0) is 0 Å². The first-order valence-corrected chi connectivity index (χ1v) is 6.44. The molecule has 0 N–H and O–H groups in total. The predicted molar refractivity (Wildman–Crippen MR) is 82.0 cm³/mol. The van der Waals surface area contributed by atoms with Gasteiger partial charge >= 0.3 is 0 Å². The number of hydrogen-bond acceptors (Lipinski definition) is 4. The van der Waals surface area contributed by atoms with Gasteiger partial charge in [0.05, 0.1) is 17.9 Å². The Balaban J connectivity index is 2.85.